The van der Waals surface area contributed by atoms with Gasteiger partial charge in [-0.1, -0.05) is 43.3 Å². The topological polar surface area (TPSA) is 20.3 Å². The van der Waals surface area contributed by atoms with E-state index in [0.717, 1.165) is 13.0 Å². The third-order valence-corrected chi connectivity index (χ3v) is 3.84. The molecule has 0 unspecified atom stereocenters. The summed E-state index contributed by atoms with van der Waals surface area (Å²) in [6, 6.07) is 10.4. The van der Waals surface area contributed by atoms with Crippen LogP contribution in [0.3, 0.4) is 0 Å². The predicted molar refractivity (Wildman–Crippen MR) is 74.1 cm³/mol. The molecule has 0 saturated carbocycles. The quantitative estimate of drug-likeness (QED) is 0.740. The van der Waals surface area contributed by atoms with E-state index in [4.69, 9.17) is 0 Å². The van der Waals surface area contributed by atoms with Crippen molar-refractivity contribution in [3.63, 3.8) is 0 Å². The second-order valence-corrected chi connectivity index (χ2v) is 5.59. The number of carbonyl (C=O) groups is 1. The molecule has 0 N–H and O–H groups in total. The van der Waals surface area contributed by atoms with Crippen molar-refractivity contribution < 1.29 is 4.79 Å². The predicted octanol–water partition coefficient (Wildman–Crippen LogP) is 3.56. The van der Waals surface area contributed by atoms with E-state index in [2.05, 4.69) is 32.6 Å². The van der Waals surface area contributed by atoms with E-state index in [-0.39, 0.29) is 17.4 Å². The Labute approximate surface area is 109 Å². The van der Waals surface area contributed by atoms with Crippen molar-refractivity contribution in [2.24, 2.45) is 5.41 Å². The first kappa shape index (κ1) is 12.9. The fourth-order valence-electron chi connectivity index (χ4n) is 2.77. The number of rotatable bonds is 4. The number of hydrogen-bond acceptors (Lipinski definition) is 1. The van der Waals surface area contributed by atoms with E-state index in [0.29, 0.717) is 6.42 Å². The molecule has 0 aromatic heterocycles. The van der Waals surface area contributed by atoms with Crippen LogP contribution in [-0.2, 0) is 4.79 Å². The van der Waals surface area contributed by atoms with Gasteiger partial charge in [-0.05, 0) is 24.3 Å². The van der Waals surface area contributed by atoms with Crippen LogP contribution in [0, 0.1) is 5.41 Å². The summed E-state index contributed by atoms with van der Waals surface area (Å²) in [6.45, 7) is 8.89. The van der Waals surface area contributed by atoms with Crippen LogP contribution >= 0.6 is 0 Å². The third-order valence-electron chi connectivity index (χ3n) is 3.84. The summed E-state index contributed by atoms with van der Waals surface area (Å²) in [5.41, 5.74) is 1.26. The van der Waals surface area contributed by atoms with E-state index in [1.54, 1.807) is 0 Å². The maximum Gasteiger partial charge on any atom is 0.223 e. The van der Waals surface area contributed by atoms with Crippen LogP contribution in [-0.4, -0.2) is 17.4 Å². The minimum atomic E-state index is 0.0574. The molecular formula is C16H21NO. The summed E-state index contributed by atoms with van der Waals surface area (Å²) in [7, 11) is 0. The van der Waals surface area contributed by atoms with E-state index in [1.807, 2.05) is 29.2 Å². The summed E-state index contributed by atoms with van der Waals surface area (Å²) in [5, 5.41) is 0. The molecule has 1 aromatic rings. The van der Waals surface area contributed by atoms with Gasteiger partial charge >= 0.3 is 0 Å². The second kappa shape index (κ2) is 4.97. The zero-order valence-electron chi connectivity index (χ0n) is 11.2. The standard InChI is InChI=1S/C16H21NO/c1-4-10-16(3)11-15(18)17(12-16)13(2)14-8-6-5-7-9-14/h4-9,13H,1,10-12H2,2-3H3/t13-,16-/m1/s1. The number of benzene rings is 1. The highest BCUT2D eigenvalue weighted by Crippen LogP contribution is 2.38. The lowest BCUT2D eigenvalue weighted by Gasteiger charge is -2.28. The van der Waals surface area contributed by atoms with Crippen LogP contribution in [0.2, 0.25) is 0 Å². The number of carbonyl (C=O) groups excluding carboxylic acids is 1. The van der Waals surface area contributed by atoms with Crippen LogP contribution in [0.15, 0.2) is 43.0 Å². The van der Waals surface area contributed by atoms with E-state index < -0.39 is 0 Å². The van der Waals surface area contributed by atoms with Crippen molar-refractivity contribution in [1.29, 1.82) is 0 Å². The monoisotopic (exact) mass is 243 g/mol. The molecule has 0 aliphatic carbocycles. The first-order valence-corrected chi connectivity index (χ1v) is 6.51. The molecule has 18 heavy (non-hydrogen) atoms. The van der Waals surface area contributed by atoms with E-state index in [9.17, 15) is 4.79 Å². The summed E-state index contributed by atoms with van der Waals surface area (Å²) in [4.78, 5) is 14.2. The molecule has 0 bridgehead atoms. The Balaban J connectivity index is 2.15. The average molecular weight is 243 g/mol. The molecule has 1 amide bonds. The van der Waals surface area contributed by atoms with E-state index in [1.165, 1.54) is 5.56 Å². The fourth-order valence-corrected chi connectivity index (χ4v) is 2.77. The summed E-state index contributed by atoms with van der Waals surface area (Å²) >= 11 is 0. The molecule has 2 atom stereocenters. The van der Waals surface area contributed by atoms with Gasteiger partial charge in [0.25, 0.3) is 0 Å². The third kappa shape index (κ3) is 2.47. The Morgan fingerprint density at radius 1 is 1.44 bits per heavy atom. The van der Waals surface area contributed by atoms with Crippen LogP contribution in [0.25, 0.3) is 0 Å². The van der Waals surface area contributed by atoms with Crippen molar-refractivity contribution in [3.05, 3.63) is 48.6 Å². The Kier molecular flexibility index (Phi) is 3.55. The lowest BCUT2D eigenvalue weighted by Crippen LogP contribution is -2.30. The number of likely N-dealkylation sites (tertiary alicyclic amines) is 1. The van der Waals surface area contributed by atoms with Gasteiger partial charge in [0.15, 0.2) is 0 Å². The number of nitrogens with zero attached hydrogens (tertiary/aromatic N) is 1. The van der Waals surface area contributed by atoms with Gasteiger partial charge in [-0.2, -0.15) is 0 Å². The molecule has 2 rings (SSSR count). The lowest BCUT2D eigenvalue weighted by molar-refractivity contribution is -0.129. The molecule has 1 fully saturated rings. The molecule has 1 aromatic carbocycles. The van der Waals surface area contributed by atoms with Gasteiger partial charge in [0.2, 0.25) is 5.91 Å². The highest BCUT2D eigenvalue weighted by molar-refractivity contribution is 5.80. The van der Waals surface area contributed by atoms with Crippen LogP contribution in [0.1, 0.15) is 38.3 Å². The molecule has 1 aliphatic heterocycles. The van der Waals surface area contributed by atoms with Crippen molar-refractivity contribution in [2.75, 3.05) is 6.54 Å². The molecule has 96 valence electrons. The minimum Gasteiger partial charge on any atom is -0.335 e. The smallest absolute Gasteiger partial charge is 0.223 e. The molecule has 1 heterocycles. The van der Waals surface area contributed by atoms with Gasteiger partial charge in [0, 0.05) is 13.0 Å². The first-order chi connectivity index (χ1) is 8.56. The maximum absolute atomic E-state index is 12.2. The fraction of sp³-hybridized carbons (Fsp3) is 0.438. The second-order valence-electron chi connectivity index (χ2n) is 5.59. The van der Waals surface area contributed by atoms with Gasteiger partial charge in [0.05, 0.1) is 6.04 Å². The Bertz CT molecular complexity index is 440. The van der Waals surface area contributed by atoms with Gasteiger partial charge in [0.1, 0.15) is 0 Å². The maximum atomic E-state index is 12.2. The highest BCUT2D eigenvalue weighted by Gasteiger charge is 2.40. The van der Waals surface area contributed by atoms with Crippen LogP contribution in [0.5, 0.6) is 0 Å². The average Bonchev–Trinajstić information content (AvgIpc) is 2.65. The molecule has 0 spiro atoms. The van der Waals surface area contributed by atoms with E-state index >= 15 is 0 Å². The molecule has 0 radical (unpaired) electrons. The molecule has 2 nitrogen and oxygen atoms in total. The molecular weight excluding hydrogens is 222 g/mol. The number of amides is 1. The van der Waals surface area contributed by atoms with Crippen molar-refractivity contribution in [1.82, 2.24) is 4.90 Å². The summed E-state index contributed by atoms with van der Waals surface area (Å²) < 4.78 is 0. The summed E-state index contributed by atoms with van der Waals surface area (Å²) in [5.74, 6) is 0.260. The normalized spacial score (nSPS) is 25.2. The van der Waals surface area contributed by atoms with Gasteiger partial charge in [-0.15, -0.1) is 6.58 Å². The summed E-state index contributed by atoms with van der Waals surface area (Å²) in [6.07, 6.45) is 3.46. The Morgan fingerprint density at radius 3 is 2.72 bits per heavy atom. The molecule has 1 aliphatic rings. The Hall–Kier alpha value is -1.57. The number of allylic oxidation sites excluding steroid dienone is 1. The van der Waals surface area contributed by atoms with Crippen molar-refractivity contribution in [2.45, 2.75) is 32.7 Å². The SMILES string of the molecule is C=CC[C@]1(C)CC(=O)N([C@H](C)c2ccccc2)C1. The van der Waals surface area contributed by atoms with Gasteiger partial charge in [-0.3, -0.25) is 4.79 Å². The lowest BCUT2D eigenvalue weighted by atomic mass is 9.86. The Morgan fingerprint density at radius 2 is 2.11 bits per heavy atom. The zero-order valence-corrected chi connectivity index (χ0v) is 11.2. The zero-order chi connectivity index (χ0) is 13.2. The van der Waals surface area contributed by atoms with Crippen molar-refractivity contribution >= 4 is 5.91 Å². The molecule has 1 saturated heterocycles. The highest BCUT2D eigenvalue weighted by atomic mass is 16.2. The molecule has 2 heteroatoms. The van der Waals surface area contributed by atoms with Crippen LogP contribution in [0.4, 0.5) is 0 Å². The number of hydrogen-bond donors (Lipinski definition) is 0. The van der Waals surface area contributed by atoms with Gasteiger partial charge in [-0.25, -0.2) is 0 Å². The van der Waals surface area contributed by atoms with Crippen LogP contribution < -0.4 is 0 Å². The van der Waals surface area contributed by atoms with Gasteiger partial charge < -0.3 is 4.90 Å². The first-order valence-electron chi connectivity index (χ1n) is 6.51. The minimum absolute atomic E-state index is 0.0574. The van der Waals surface area contributed by atoms with Crippen molar-refractivity contribution in [3.8, 4) is 0 Å². The largest absolute Gasteiger partial charge is 0.335 e.